The van der Waals surface area contributed by atoms with Crippen LogP contribution in [0.5, 0.6) is 0 Å². The van der Waals surface area contributed by atoms with Gasteiger partial charge in [0.15, 0.2) is 0 Å². The van der Waals surface area contributed by atoms with Crippen molar-refractivity contribution >= 4 is 11.6 Å². The highest BCUT2D eigenvalue weighted by molar-refractivity contribution is 5.93. The molecular formula is C21H21N3O2. The first kappa shape index (κ1) is 17.6. The van der Waals surface area contributed by atoms with Crippen LogP contribution in [0, 0.1) is 6.92 Å². The molecule has 0 aliphatic carbocycles. The summed E-state index contributed by atoms with van der Waals surface area (Å²) in [5.41, 5.74) is 3.14. The van der Waals surface area contributed by atoms with Gasteiger partial charge in [-0.2, -0.15) is 5.10 Å². The molecule has 1 amide bonds. The maximum Gasteiger partial charge on any atom is 0.267 e. The number of likely N-dealkylation sites (N-methyl/N-ethyl adjacent to an activating group) is 1. The van der Waals surface area contributed by atoms with Gasteiger partial charge < -0.3 is 4.90 Å². The van der Waals surface area contributed by atoms with Crippen LogP contribution < -0.4 is 10.5 Å². The summed E-state index contributed by atoms with van der Waals surface area (Å²) in [6.07, 6.45) is 0. The van der Waals surface area contributed by atoms with Gasteiger partial charge in [0.1, 0.15) is 6.54 Å². The SMILES string of the molecule is CCN(C(=O)Cn1nc(-c2ccccc2)ccc1=O)c1ccccc1C. The number of hydrogen-bond acceptors (Lipinski definition) is 3. The minimum atomic E-state index is -0.293. The summed E-state index contributed by atoms with van der Waals surface area (Å²) in [6.45, 7) is 4.31. The molecule has 0 aliphatic heterocycles. The minimum absolute atomic E-state index is 0.0956. The molecule has 2 aromatic carbocycles. The normalized spacial score (nSPS) is 10.5. The molecule has 3 aromatic rings. The first-order valence-corrected chi connectivity index (χ1v) is 8.59. The molecule has 132 valence electrons. The summed E-state index contributed by atoms with van der Waals surface area (Å²) in [7, 11) is 0. The monoisotopic (exact) mass is 347 g/mol. The lowest BCUT2D eigenvalue weighted by Crippen LogP contribution is -2.37. The van der Waals surface area contributed by atoms with Crippen molar-refractivity contribution in [1.82, 2.24) is 9.78 Å². The van der Waals surface area contributed by atoms with E-state index in [1.807, 2.05) is 68.4 Å². The van der Waals surface area contributed by atoms with Crippen molar-refractivity contribution < 1.29 is 4.79 Å². The zero-order valence-electron chi connectivity index (χ0n) is 14.9. The number of anilines is 1. The van der Waals surface area contributed by atoms with E-state index in [-0.39, 0.29) is 18.0 Å². The lowest BCUT2D eigenvalue weighted by Gasteiger charge is -2.23. The van der Waals surface area contributed by atoms with Crippen molar-refractivity contribution in [3.63, 3.8) is 0 Å². The van der Waals surface area contributed by atoms with Crippen LogP contribution >= 0.6 is 0 Å². The van der Waals surface area contributed by atoms with E-state index in [9.17, 15) is 9.59 Å². The quantitative estimate of drug-likeness (QED) is 0.712. The number of amides is 1. The van der Waals surface area contributed by atoms with Crippen LogP contribution in [0.1, 0.15) is 12.5 Å². The third kappa shape index (κ3) is 3.72. The number of aryl methyl sites for hydroxylation is 1. The Kier molecular flexibility index (Phi) is 5.27. The molecule has 0 N–H and O–H groups in total. The predicted molar refractivity (Wildman–Crippen MR) is 103 cm³/mol. The first-order chi connectivity index (χ1) is 12.6. The van der Waals surface area contributed by atoms with Crippen LogP contribution in [0.25, 0.3) is 11.3 Å². The number of benzene rings is 2. The van der Waals surface area contributed by atoms with Crippen molar-refractivity contribution in [2.45, 2.75) is 20.4 Å². The molecule has 3 rings (SSSR count). The van der Waals surface area contributed by atoms with Crippen LogP contribution in [-0.2, 0) is 11.3 Å². The van der Waals surface area contributed by atoms with Crippen LogP contribution in [-0.4, -0.2) is 22.2 Å². The van der Waals surface area contributed by atoms with Crippen molar-refractivity contribution in [1.29, 1.82) is 0 Å². The van der Waals surface area contributed by atoms with E-state index in [0.717, 1.165) is 16.8 Å². The largest absolute Gasteiger partial charge is 0.311 e. The van der Waals surface area contributed by atoms with Gasteiger partial charge in [-0.1, -0.05) is 48.5 Å². The Morgan fingerprint density at radius 3 is 2.38 bits per heavy atom. The summed E-state index contributed by atoms with van der Waals surface area (Å²) < 4.78 is 1.23. The van der Waals surface area contributed by atoms with Crippen LogP contribution in [0.2, 0.25) is 0 Å². The van der Waals surface area contributed by atoms with Gasteiger partial charge >= 0.3 is 0 Å². The smallest absolute Gasteiger partial charge is 0.267 e. The Balaban J connectivity index is 1.89. The fraction of sp³-hybridized carbons (Fsp3) is 0.190. The molecule has 1 aromatic heterocycles. The number of rotatable bonds is 5. The Hall–Kier alpha value is -3.21. The summed E-state index contributed by atoms with van der Waals surface area (Å²) in [5.74, 6) is -0.165. The maximum absolute atomic E-state index is 12.8. The Morgan fingerprint density at radius 2 is 1.69 bits per heavy atom. The van der Waals surface area contributed by atoms with Gasteiger partial charge in [0.25, 0.3) is 5.56 Å². The lowest BCUT2D eigenvalue weighted by molar-refractivity contribution is -0.119. The van der Waals surface area contributed by atoms with Gasteiger partial charge in [-0.15, -0.1) is 0 Å². The average Bonchev–Trinajstić information content (AvgIpc) is 2.66. The summed E-state index contributed by atoms with van der Waals surface area (Å²) in [4.78, 5) is 26.7. The highest BCUT2D eigenvalue weighted by Gasteiger charge is 2.17. The van der Waals surface area contributed by atoms with Gasteiger partial charge in [0.05, 0.1) is 5.69 Å². The predicted octanol–water partition coefficient (Wildman–Crippen LogP) is 3.27. The number of carbonyl (C=O) groups excluding carboxylic acids is 1. The Labute approximate surface area is 152 Å². The molecule has 0 atom stereocenters. The number of para-hydroxylation sites is 1. The van der Waals surface area contributed by atoms with E-state index >= 15 is 0 Å². The van der Waals surface area contributed by atoms with Crippen LogP contribution in [0.3, 0.4) is 0 Å². The molecule has 0 spiro atoms. The highest BCUT2D eigenvalue weighted by atomic mass is 16.2. The second-order valence-corrected chi connectivity index (χ2v) is 6.00. The van der Waals surface area contributed by atoms with Crippen molar-refractivity contribution in [3.05, 3.63) is 82.6 Å². The fourth-order valence-electron chi connectivity index (χ4n) is 2.89. The van der Waals surface area contributed by atoms with Gasteiger partial charge in [0, 0.05) is 23.9 Å². The maximum atomic E-state index is 12.8. The molecule has 0 bridgehead atoms. The molecule has 5 heteroatoms. The van der Waals surface area contributed by atoms with Crippen LogP contribution in [0.4, 0.5) is 5.69 Å². The molecule has 0 saturated carbocycles. The number of carbonyl (C=O) groups is 1. The molecule has 0 aliphatic rings. The molecular weight excluding hydrogens is 326 g/mol. The minimum Gasteiger partial charge on any atom is -0.311 e. The van der Waals surface area contributed by atoms with E-state index in [0.29, 0.717) is 12.2 Å². The molecule has 5 nitrogen and oxygen atoms in total. The van der Waals surface area contributed by atoms with Crippen molar-refractivity contribution in [3.8, 4) is 11.3 Å². The summed E-state index contributed by atoms with van der Waals surface area (Å²) >= 11 is 0. The average molecular weight is 347 g/mol. The number of nitrogens with zero attached hydrogens (tertiary/aromatic N) is 3. The van der Waals surface area contributed by atoms with E-state index < -0.39 is 0 Å². The second kappa shape index (κ2) is 7.78. The van der Waals surface area contributed by atoms with Crippen LogP contribution in [0.15, 0.2) is 71.5 Å². The molecule has 0 fully saturated rings. The zero-order valence-corrected chi connectivity index (χ0v) is 14.9. The zero-order chi connectivity index (χ0) is 18.5. The number of aromatic nitrogens is 2. The van der Waals surface area contributed by atoms with E-state index in [4.69, 9.17) is 0 Å². The van der Waals surface area contributed by atoms with Crippen molar-refractivity contribution in [2.24, 2.45) is 0 Å². The van der Waals surface area contributed by atoms with Gasteiger partial charge in [-0.25, -0.2) is 4.68 Å². The molecule has 26 heavy (non-hydrogen) atoms. The molecule has 0 saturated heterocycles. The highest BCUT2D eigenvalue weighted by Crippen LogP contribution is 2.19. The van der Waals surface area contributed by atoms with Gasteiger partial charge in [0.2, 0.25) is 5.91 Å². The number of hydrogen-bond donors (Lipinski definition) is 0. The topological polar surface area (TPSA) is 55.2 Å². The lowest BCUT2D eigenvalue weighted by atomic mass is 10.1. The standard InChI is InChI=1S/C21H21N3O2/c1-3-23(19-12-8-7-9-16(19)2)21(26)15-24-20(25)14-13-18(22-24)17-10-5-4-6-11-17/h4-14H,3,15H2,1-2H3. The summed E-state index contributed by atoms with van der Waals surface area (Å²) in [6, 6.07) is 20.4. The molecule has 0 radical (unpaired) electrons. The fourth-order valence-corrected chi connectivity index (χ4v) is 2.89. The Morgan fingerprint density at radius 1 is 1.00 bits per heavy atom. The van der Waals surface area contributed by atoms with E-state index in [2.05, 4.69) is 5.10 Å². The van der Waals surface area contributed by atoms with E-state index in [1.165, 1.54) is 10.7 Å². The molecule has 1 heterocycles. The first-order valence-electron chi connectivity index (χ1n) is 8.59. The van der Waals surface area contributed by atoms with Crippen molar-refractivity contribution in [2.75, 3.05) is 11.4 Å². The third-order valence-electron chi connectivity index (χ3n) is 4.24. The molecule has 0 unspecified atom stereocenters. The second-order valence-electron chi connectivity index (χ2n) is 6.00. The van der Waals surface area contributed by atoms with E-state index in [1.54, 1.807) is 11.0 Å². The Bertz CT molecular complexity index is 964. The summed E-state index contributed by atoms with van der Waals surface area (Å²) in [5, 5.41) is 4.37. The van der Waals surface area contributed by atoms with Gasteiger partial charge in [-0.3, -0.25) is 9.59 Å². The third-order valence-corrected chi connectivity index (χ3v) is 4.24. The van der Waals surface area contributed by atoms with Gasteiger partial charge in [-0.05, 0) is 31.5 Å².